The minimum absolute atomic E-state index is 0.683. The van der Waals surface area contributed by atoms with Crippen LogP contribution in [-0.4, -0.2) is 28.6 Å². The second kappa shape index (κ2) is 7.02. The molecule has 0 aliphatic heterocycles. The van der Waals surface area contributed by atoms with Gasteiger partial charge in [-0.3, -0.25) is 0 Å². The van der Waals surface area contributed by atoms with Gasteiger partial charge >= 0.3 is 8.80 Å². The fraction of sp³-hybridized carbons (Fsp3) is 0.867. The molecule has 0 aromatic rings. The van der Waals surface area contributed by atoms with E-state index in [-0.39, 0.29) is 0 Å². The van der Waals surface area contributed by atoms with Crippen LogP contribution in [0.25, 0.3) is 0 Å². The number of fused-ring (bicyclic) bond motifs is 2. The van der Waals surface area contributed by atoms with E-state index in [4.69, 9.17) is 13.3 Å². The molecule has 3 nitrogen and oxygen atoms in total. The van der Waals surface area contributed by atoms with Gasteiger partial charge in [-0.25, -0.2) is 0 Å². The monoisotopic (exact) mass is 284 g/mol. The van der Waals surface area contributed by atoms with E-state index < -0.39 is 8.80 Å². The predicted octanol–water partition coefficient (Wildman–Crippen LogP) is 3.64. The first kappa shape index (κ1) is 15.2. The lowest BCUT2D eigenvalue weighted by Crippen LogP contribution is -2.46. The first-order valence-corrected chi connectivity index (χ1v) is 9.76. The van der Waals surface area contributed by atoms with Crippen LogP contribution in [0.1, 0.15) is 40.0 Å². The summed E-state index contributed by atoms with van der Waals surface area (Å²) < 4.78 is 17.8. The molecule has 3 unspecified atom stereocenters. The van der Waals surface area contributed by atoms with E-state index in [1.54, 1.807) is 0 Å². The van der Waals surface area contributed by atoms with Crippen LogP contribution in [0.2, 0.25) is 6.04 Å². The molecule has 3 atom stereocenters. The Balaban J connectivity index is 1.89. The molecule has 19 heavy (non-hydrogen) atoms. The molecule has 2 aliphatic carbocycles. The van der Waals surface area contributed by atoms with Gasteiger partial charge in [-0.15, -0.1) is 0 Å². The summed E-state index contributed by atoms with van der Waals surface area (Å²) in [5.41, 5.74) is 0. The Labute approximate surface area is 118 Å². The number of hydrogen-bond donors (Lipinski definition) is 0. The summed E-state index contributed by atoms with van der Waals surface area (Å²) in [5.74, 6) is 2.47. The Bertz CT molecular complexity index is 289. The van der Waals surface area contributed by atoms with Gasteiger partial charge in [0.25, 0.3) is 0 Å². The lowest BCUT2D eigenvalue weighted by atomic mass is 9.91. The summed E-state index contributed by atoms with van der Waals surface area (Å²) in [4.78, 5) is 0. The van der Waals surface area contributed by atoms with Crippen molar-refractivity contribution in [1.82, 2.24) is 0 Å². The van der Waals surface area contributed by atoms with Crippen LogP contribution in [-0.2, 0) is 13.3 Å². The van der Waals surface area contributed by atoms with Crippen molar-refractivity contribution in [3.05, 3.63) is 12.2 Å². The Morgan fingerprint density at radius 1 is 0.947 bits per heavy atom. The lowest BCUT2D eigenvalue weighted by molar-refractivity contribution is 0.0692. The highest BCUT2D eigenvalue weighted by Gasteiger charge is 2.43. The van der Waals surface area contributed by atoms with Gasteiger partial charge in [0.05, 0.1) is 0 Å². The number of allylic oxidation sites excluding steroid dienone is 2. The lowest BCUT2D eigenvalue weighted by Gasteiger charge is -2.30. The van der Waals surface area contributed by atoms with Crippen molar-refractivity contribution in [3.63, 3.8) is 0 Å². The molecule has 0 amide bonds. The third-order valence-corrected chi connectivity index (χ3v) is 7.42. The third kappa shape index (κ3) is 3.69. The van der Waals surface area contributed by atoms with Crippen molar-refractivity contribution in [2.45, 2.75) is 46.1 Å². The van der Waals surface area contributed by atoms with Crippen molar-refractivity contribution in [2.75, 3.05) is 19.8 Å². The summed E-state index contributed by atoms with van der Waals surface area (Å²) in [7, 11) is -2.41. The zero-order valence-corrected chi connectivity index (χ0v) is 13.6. The molecule has 0 aromatic carbocycles. The molecule has 0 radical (unpaired) electrons. The van der Waals surface area contributed by atoms with Crippen molar-refractivity contribution < 1.29 is 13.3 Å². The van der Waals surface area contributed by atoms with E-state index in [1.807, 2.05) is 20.8 Å². The highest BCUT2D eigenvalue weighted by atomic mass is 28.4. The fourth-order valence-corrected chi connectivity index (χ4v) is 6.32. The van der Waals surface area contributed by atoms with Crippen molar-refractivity contribution in [1.29, 1.82) is 0 Å². The van der Waals surface area contributed by atoms with Crippen LogP contribution >= 0.6 is 0 Å². The molecule has 2 bridgehead atoms. The van der Waals surface area contributed by atoms with Crippen molar-refractivity contribution >= 4 is 8.80 Å². The first-order chi connectivity index (χ1) is 9.23. The average Bonchev–Trinajstić information content (AvgIpc) is 2.99. The van der Waals surface area contributed by atoms with E-state index >= 15 is 0 Å². The van der Waals surface area contributed by atoms with Gasteiger partial charge in [0, 0.05) is 25.9 Å². The summed E-state index contributed by atoms with van der Waals surface area (Å²) in [6.45, 7) is 8.13. The van der Waals surface area contributed by atoms with Gasteiger partial charge in [-0.2, -0.15) is 0 Å². The molecule has 0 N–H and O–H groups in total. The van der Waals surface area contributed by atoms with Gasteiger partial charge in [-0.05, 0) is 57.8 Å². The van der Waals surface area contributed by atoms with Crippen LogP contribution in [0, 0.1) is 17.8 Å². The van der Waals surface area contributed by atoms with Gasteiger partial charge in [0.15, 0.2) is 0 Å². The smallest absolute Gasteiger partial charge is 0.374 e. The standard InChI is InChI=1S/C15H28O3Si/c1-4-16-19(17-5-2,18-6-3)10-9-15-12-13-7-8-14(15)11-13/h7-8,13-15H,4-6,9-12H2,1-3H3. The Morgan fingerprint density at radius 3 is 2.00 bits per heavy atom. The summed E-state index contributed by atoms with van der Waals surface area (Å²) in [6.07, 6.45) is 8.74. The van der Waals surface area contributed by atoms with E-state index in [1.165, 1.54) is 19.3 Å². The maximum atomic E-state index is 5.93. The van der Waals surface area contributed by atoms with Gasteiger partial charge in [-0.1, -0.05) is 12.2 Å². The molecule has 0 heterocycles. The van der Waals surface area contributed by atoms with Crippen molar-refractivity contribution in [2.24, 2.45) is 17.8 Å². The SMILES string of the molecule is CCO[Si](CCC1CC2C=CC1C2)(OCC)OCC. The van der Waals surface area contributed by atoms with E-state index in [0.29, 0.717) is 19.8 Å². The molecule has 2 aliphatic rings. The van der Waals surface area contributed by atoms with Crippen LogP contribution in [0.15, 0.2) is 12.2 Å². The summed E-state index contributed by atoms with van der Waals surface area (Å²) in [5, 5.41) is 0. The molecule has 1 fully saturated rings. The molecule has 0 saturated heterocycles. The molecule has 110 valence electrons. The topological polar surface area (TPSA) is 27.7 Å². The quantitative estimate of drug-likeness (QED) is 0.478. The Kier molecular flexibility index (Phi) is 5.63. The predicted molar refractivity (Wildman–Crippen MR) is 78.9 cm³/mol. The van der Waals surface area contributed by atoms with Gasteiger partial charge in [0.1, 0.15) is 0 Å². The second-order valence-electron chi connectivity index (χ2n) is 5.56. The van der Waals surface area contributed by atoms with E-state index in [0.717, 1.165) is 23.8 Å². The number of hydrogen-bond acceptors (Lipinski definition) is 3. The molecule has 0 spiro atoms. The van der Waals surface area contributed by atoms with E-state index in [9.17, 15) is 0 Å². The van der Waals surface area contributed by atoms with E-state index in [2.05, 4.69) is 12.2 Å². The molecule has 4 heteroatoms. The molecule has 2 rings (SSSR count). The molecule has 0 aromatic heterocycles. The number of rotatable bonds is 9. The first-order valence-electron chi connectivity index (χ1n) is 7.83. The second-order valence-corrected chi connectivity index (χ2v) is 8.29. The highest BCUT2D eigenvalue weighted by molar-refractivity contribution is 6.60. The van der Waals surface area contributed by atoms with Crippen LogP contribution in [0.5, 0.6) is 0 Å². The maximum absolute atomic E-state index is 5.93. The fourth-order valence-electron chi connectivity index (χ4n) is 3.59. The van der Waals surface area contributed by atoms with Gasteiger partial charge < -0.3 is 13.3 Å². The van der Waals surface area contributed by atoms with Crippen LogP contribution in [0.3, 0.4) is 0 Å². The Morgan fingerprint density at radius 2 is 1.58 bits per heavy atom. The zero-order valence-electron chi connectivity index (χ0n) is 12.6. The summed E-state index contributed by atoms with van der Waals surface area (Å²) >= 11 is 0. The molecular weight excluding hydrogens is 256 g/mol. The molecule has 1 saturated carbocycles. The third-order valence-electron chi connectivity index (χ3n) is 4.33. The normalized spacial score (nSPS) is 29.3. The van der Waals surface area contributed by atoms with Crippen molar-refractivity contribution in [3.8, 4) is 0 Å². The Hall–Kier alpha value is -0.163. The summed E-state index contributed by atoms with van der Waals surface area (Å²) in [6, 6.07) is 0.976. The van der Waals surface area contributed by atoms with Gasteiger partial charge in [0.2, 0.25) is 0 Å². The van der Waals surface area contributed by atoms with Crippen LogP contribution in [0.4, 0.5) is 0 Å². The maximum Gasteiger partial charge on any atom is 0.500 e. The minimum Gasteiger partial charge on any atom is -0.374 e. The average molecular weight is 284 g/mol. The molecular formula is C15H28O3Si. The zero-order chi connectivity index (χ0) is 13.7. The highest BCUT2D eigenvalue weighted by Crippen LogP contribution is 2.46. The van der Waals surface area contributed by atoms with Crippen LogP contribution < -0.4 is 0 Å². The minimum atomic E-state index is -2.41. The largest absolute Gasteiger partial charge is 0.500 e.